The number of anilines is 1. The molecule has 1 aromatic carbocycles. The van der Waals surface area contributed by atoms with E-state index in [4.69, 9.17) is 0 Å². The molecule has 0 unspecified atom stereocenters. The van der Waals surface area contributed by atoms with E-state index < -0.39 is 0 Å². The van der Waals surface area contributed by atoms with Gasteiger partial charge in [0.2, 0.25) is 0 Å². The molecule has 0 saturated carbocycles. The molecule has 1 N–H and O–H groups in total. The number of nitrogens with one attached hydrogen (secondary N) is 1. The van der Waals surface area contributed by atoms with Crippen molar-refractivity contribution in [2.75, 3.05) is 12.4 Å². The molecule has 0 radical (unpaired) electrons. The topological polar surface area (TPSA) is 29.9 Å². The lowest BCUT2D eigenvalue weighted by Crippen LogP contribution is -1.98. The third kappa shape index (κ3) is 1.48. The summed E-state index contributed by atoms with van der Waals surface area (Å²) in [5.74, 6) is 0.883. The van der Waals surface area contributed by atoms with Gasteiger partial charge >= 0.3 is 0 Å². The standard InChI is InChI=1S/C11H13N3/c1-9-5-3-4-6-10(9)14-8-7-11(12-2)13-14/h3-8H,1-2H3,(H,12,13). The normalized spacial score (nSPS) is 10.1. The lowest BCUT2D eigenvalue weighted by atomic mass is 10.2. The summed E-state index contributed by atoms with van der Waals surface area (Å²) in [4.78, 5) is 0. The van der Waals surface area contributed by atoms with Crippen LogP contribution in [0.15, 0.2) is 36.5 Å². The first-order valence-corrected chi connectivity index (χ1v) is 4.60. The van der Waals surface area contributed by atoms with Gasteiger partial charge in [0, 0.05) is 19.3 Å². The SMILES string of the molecule is CNc1ccn(-c2ccccc2C)n1. The van der Waals surface area contributed by atoms with Gasteiger partial charge in [-0.05, 0) is 18.6 Å². The van der Waals surface area contributed by atoms with Gasteiger partial charge in [0.1, 0.15) is 5.82 Å². The number of rotatable bonds is 2. The van der Waals surface area contributed by atoms with Crippen LogP contribution in [0, 0.1) is 6.92 Å². The number of para-hydroxylation sites is 1. The van der Waals surface area contributed by atoms with Crippen LogP contribution in [0.5, 0.6) is 0 Å². The molecule has 72 valence electrons. The van der Waals surface area contributed by atoms with Gasteiger partial charge in [-0.1, -0.05) is 18.2 Å². The molecule has 1 aromatic heterocycles. The summed E-state index contributed by atoms with van der Waals surface area (Å²) in [5.41, 5.74) is 2.34. The zero-order valence-corrected chi connectivity index (χ0v) is 8.36. The van der Waals surface area contributed by atoms with Crippen LogP contribution < -0.4 is 5.32 Å². The van der Waals surface area contributed by atoms with Crippen molar-refractivity contribution in [2.24, 2.45) is 0 Å². The Morgan fingerprint density at radius 1 is 1.21 bits per heavy atom. The maximum absolute atomic E-state index is 4.37. The van der Waals surface area contributed by atoms with E-state index in [9.17, 15) is 0 Å². The fraction of sp³-hybridized carbons (Fsp3) is 0.182. The molecule has 0 aliphatic heterocycles. The molecule has 0 aliphatic rings. The Morgan fingerprint density at radius 3 is 2.64 bits per heavy atom. The molecule has 0 bridgehead atoms. The largest absolute Gasteiger partial charge is 0.372 e. The summed E-state index contributed by atoms with van der Waals surface area (Å²) in [7, 11) is 1.87. The van der Waals surface area contributed by atoms with Crippen molar-refractivity contribution in [3.8, 4) is 5.69 Å². The van der Waals surface area contributed by atoms with Crippen LogP contribution >= 0.6 is 0 Å². The van der Waals surface area contributed by atoms with Crippen LogP contribution in [0.2, 0.25) is 0 Å². The van der Waals surface area contributed by atoms with E-state index in [0.717, 1.165) is 11.5 Å². The molecule has 0 amide bonds. The molecule has 0 saturated heterocycles. The predicted octanol–water partition coefficient (Wildman–Crippen LogP) is 2.22. The average Bonchev–Trinajstić information content (AvgIpc) is 2.67. The molecule has 1 heterocycles. The van der Waals surface area contributed by atoms with Crippen molar-refractivity contribution in [1.82, 2.24) is 9.78 Å². The molecular weight excluding hydrogens is 174 g/mol. The van der Waals surface area contributed by atoms with E-state index in [-0.39, 0.29) is 0 Å². The summed E-state index contributed by atoms with van der Waals surface area (Å²) in [6.07, 6.45) is 1.95. The number of aryl methyl sites for hydroxylation is 1. The van der Waals surface area contributed by atoms with Crippen molar-refractivity contribution in [2.45, 2.75) is 6.92 Å². The Hall–Kier alpha value is -1.77. The highest BCUT2D eigenvalue weighted by Crippen LogP contribution is 2.13. The van der Waals surface area contributed by atoms with Crippen LogP contribution in [-0.4, -0.2) is 16.8 Å². The van der Waals surface area contributed by atoms with E-state index in [1.807, 2.05) is 36.1 Å². The molecule has 3 nitrogen and oxygen atoms in total. The molecule has 0 aliphatic carbocycles. The highest BCUT2D eigenvalue weighted by Gasteiger charge is 2.01. The zero-order chi connectivity index (χ0) is 9.97. The number of hydrogen-bond donors (Lipinski definition) is 1. The minimum atomic E-state index is 0.883. The van der Waals surface area contributed by atoms with Gasteiger partial charge in [0.05, 0.1) is 5.69 Å². The van der Waals surface area contributed by atoms with E-state index in [2.05, 4.69) is 29.5 Å². The van der Waals surface area contributed by atoms with Crippen LogP contribution in [0.4, 0.5) is 5.82 Å². The predicted molar refractivity (Wildman–Crippen MR) is 57.8 cm³/mol. The summed E-state index contributed by atoms with van der Waals surface area (Å²) in [5, 5.41) is 7.37. The quantitative estimate of drug-likeness (QED) is 0.781. The first-order chi connectivity index (χ1) is 6.81. The monoisotopic (exact) mass is 187 g/mol. The Labute approximate surface area is 83.4 Å². The molecule has 2 rings (SSSR count). The van der Waals surface area contributed by atoms with E-state index in [0.29, 0.717) is 0 Å². The molecule has 0 fully saturated rings. The first-order valence-electron chi connectivity index (χ1n) is 4.60. The highest BCUT2D eigenvalue weighted by atomic mass is 15.3. The molecule has 0 atom stereocenters. The van der Waals surface area contributed by atoms with Crippen LogP contribution in [0.3, 0.4) is 0 Å². The number of hydrogen-bond acceptors (Lipinski definition) is 2. The third-order valence-electron chi connectivity index (χ3n) is 2.21. The average molecular weight is 187 g/mol. The molecular formula is C11H13N3. The molecule has 3 heteroatoms. The van der Waals surface area contributed by atoms with E-state index >= 15 is 0 Å². The number of nitrogens with zero attached hydrogens (tertiary/aromatic N) is 2. The van der Waals surface area contributed by atoms with Gasteiger partial charge in [-0.15, -0.1) is 0 Å². The summed E-state index contributed by atoms with van der Waals surface area (Å²) < 4.78 is 1.88. The second-order valence-electron chi connectivity index (χ2n) is 3.18. The van der Waals surface area contributed by atoms with Crippen LogP contribution in [0.1, 0.15) is 5.56 Å². The summed E-state index contributed by atoms with van der Waals surface area (Å²) in [6, 6.07) is 10.1. The van der Waals surface area contributed by atoms with Crippen LogP contribution in [0.25, 0.3) is 5.69 Å². The van der Waals surface area contributed by atoms with Crippen molar-refractivity contribution in [1.29, 1.82) is 0 Å². The second kappa shape index (κ2) is 3.54. The molecule has 0 spiro atoms. The van der Waals surface area contributed by atoms with Crippen molar-refractivity contribution < 1.29 is 0 Å². The first kappa shape index (κ1) is 8.81. The fourth-order valence-corrected chi connectivity index (χ4v) is 1.41. The van der Waals surface area contributed by atoms with E-state index in [1.54, 1.807) is 0 Å². The van der Waals surface area contributed by atoms with Gasteiger partial charge in [0.15, 0.2) is 0 Å². The maximum Gasteiger partial charge on any atom is 0.148 e. The molecule has 14 heavy (non-hydrogen) atoms. The smallest absolute Gasteiger partial charge is 0.148 e. The minimum absolute atomic E-state index is 0.883. The lowest BCUT2D eigenvalue weighted by Gasteiger charge is -2.04. The van der Waals surface area contributed by atoms with E-state index in [1.165, 1.54) is 5.56 Å². The van der Waals surface area contributed by atoms with Crippen molar-refractivity contribution >= 4 is 5.82 Å². The second-order valence-corrected chi connectivity index (χ2v) is 3.18. The minimum Gasteiger partial charge on any atom is -0.372 e. The summed E-state index contributed by atoms with van der Waals surface area (Å²) in [6.45, 7) is 2.08. The maximum atomic E-state index is 4.37. The zero-order valence-electron chi connectivity index (χ0n) is 8.36. The Kier molecular flexibility index (Phi) is 2.23. The summed E-state index contributed by atoms with van der Waals surface area (Å²) >= 11 is 0. The van der Waals surface area contributed by atoms with Gasteiger partial charge in [-0.3, -0.25) is 0 Å². The van der Waals surface area contributed by atoms with Gasteiger partial charge in [0.25, 0.3) is 0 Å². The highest BCUT2D eigenvalue weighted by molar-refractivity contribution is 5.42. The third-order valence-corrected chi connectivity index (χ3v) is 2.21. The van der Waals surface area contributed by atoms with Crippen molar-refractivity contribution in [3.05, 3.63) is 42.1 Å². The Bertz CT molecular complexity index is 432. The number of aromatic nitrogens is 2. The van der Waals surface area contributed by atoms with Gasteiger partial charge in [-0.2, -0.15) is 5.10 Å². The van der Waals surface area contributed by atoms with Gasteiger partial charge < -0.3 is 5.32 Å². The van der Waals surface area contributed by atoms with Crippen molar-refractivity contribution in [3.63, 3.8) is 0 Å². The molecule has 2 aromatic rings. The fourth-order valence-electron chi connectivity index (χ4n) is 1.41. The van der Waals surface area contributed by atoms with Gasteiger partial charge in [-0.25, -0.2) is 4.68 Å². The lowest BCUT2D eigenvalue weighted by molar-refractivity contribution is 0.875. The Balaban J connectivity index is 2.44. The Morgan fingerprint density at radius 2 is 2.00 bits per heavy atom. The number of benzene rings is 1. The van der Waals surface area contributed by atoms with Crippen LogP contribution in [-0.2, 0) is 0 Å².